The molecule has 0 spiro atoms. The van der Waals surface area contributed by atoms with Gasteiger partial charge in [-0.2, -0.15) is 0 Å². The maximum Gasteiger partial charge on any atom is 0.312 e. The summed E-state index contributed by atoms with van der Waals surface area (Å²) in [6, 6.07) is 7.77. The minimum atomic E-state index is -0.160. The van der Waals surface area contributed by atoms with Crippen LogP contribution in [0.25, 0.3) is 10.9 Å². The Kier molecular flexibility index (Phi) is 5.65. The quantitative estimate of drug-likeness (QED) is 0.557. The van der Waals surface area contributed by atoms with Crippen LogP contribution < -0.4 is 4.74 Å². The number of benzene rings is 1. The van der Waals surface area contributed by atoms with Gasteiger partial charge in [0.15, 0.2) is 0 Å². The highest BCUT2D eigenvalue weighted by atomic mass is 79.9. The fourth-order valence-corrected chi connectivity index (χ4v) is 2.56. The average Bonchev–Trinajstić information content (AvgIpc) is 2.79. The maximum absolute atomic E-state index is 11.7. The molecule has 1 aromatic heterocycles. The highest BCUT2D eigenvalue weighted by Gasteiger charge is 2.07. The van der Waals surface area contributed by atoms with Crippen LogP contribution in [0.4, 0.5) is 0 Å². The summed E-state index contributed by atoms with van der Waals surface area (Å²) in [7, 11) is 0. The van der Waals surface area contributed by atoms with Crippen molar-refractivity contribution in [3.05, 3.63) is 28.7 Å². The molecule has 0 amide bonds. The van der Waals surface area contributed by atoms with Crippen LogP contribution in [0.5, 0.6) is 5.88 Å². The number of esters is 1. The van der Waals surface area contributed by atoms with E-state index in [0.717, 1.165) is 28.2 Å². The van der Waals surface area contributed by atoms with Crippen molar-refractivity contribution in [1.82, 2.24) is 4.98 Å². The van der Waals surface area contributed by atoms with Gasteiger partial charge in [-0.15, -0.1) is 0 Å². The van der Waals surface area contributed by atoms with Gasteiger partial charge in [0.25, 0.3) is 0 Å². The average molecular weight is 338 g/mol. The first-order valence-electron chi connectivity index (χ1n) is 7.18. The minimum absolute atomic E-state index is 0.160. The van der Waals surface area contributed by atoms with Crippen LogP contribution in [0, 0.1) is 0 Å². The zero-order valence-electron chi connectivity index (χ0n) is 11.7. The van der Waals surface area contributed by atoms with E-state index < -0.39 is 0 Å². The molecule has 0 saturated heterocycles. The van der Waals surface area contributed by atoms with Crippen molar-refractivity contribution in [2.45, 2.75) is 45.4 Å². The number of carbonyl (C=O) groups is 1. The molecule has 1 N–H and O–H groups in total. The Morgan fingerprint density at radius 1 is 1.20 bits per heavy atom. The molecule has 0 aliphatic carbocycles. The molecule has 0 aliphatic heterocycles. The first-order valence-corrected chi connectivity index (χ1v) is 7.97. The molecule has 0 saturated carbocycles. The molecule has 3 nitrogen and oxygen atoms in total. The number of carbonyl (C=O) groups excluding carboxylic acids is 1. The number of hydrogen-bond donors (Lipinski definition) is 1. The predicted molar refractivity (Wildman–Crippen MR) is 85.0 cm³/mol. The third-order valence-electron chi connectivity index (χ3n) is 3.27. The Hall–Kier alpha value is -1.29. The lowest BCUT2D eigenvalue weighted by Crippen LogP contribution is -2.07. The van der Waals surface area contributed by atoms with Crippen molar-refractivity contribution in [1.29, 1.82) is 0 Å². The second kappa shape index (κ2) is 7.48. The van der Waals surface area contributed by atoms with E-state index in [4.69, 9.17) is 4.74 Å². The van der Waals surface area contributed by atoms with Gasteiger partial charge in [-0.05, 0) is 24.6 Å². The molecule has 0 fully saturated rings. The molecule has 1 aromatic carbocycles. The second-order valence-corrected chi connectivity index (χ2v) is 5.92. The zero-order chi connectivity index (χ0) is 14.4. The Labute approximate surface area is 127 Å². The number of H-pyrrole nitrogens is 1. The summed E-state index contributed by atoms with van der Waals surface area (Å²) < 4.78 is 6.35. The summed E-state index contributed by atoms with van der Waals surface area (Å²) in [5, 5.41) is 1.03. The monoisotopic (exact) mass is 337 g/mol. The Morgan fingerprint density at radius 2 is 2.00 bits per heavy atom. The highest BCUT2D eigenvalue weighted by Crippen LogP contribution is 2.24. The van der Waals surface area contributed by atoms with E-state index in [2.05, 4.69) is 27.8 Å². The number of nitrogens with one attached hydrogen (secondary N) is 1. The topological polar surface area (TPSA) is 42.1 Å². The van der Waals surface area contributed by atoms with Gasteiger partial charge >= 0.3 is 5.97 Å². The zero-order valence-corrected chi connectivity index (χ0v) is 13.3. The Bertz CT molecular complexity index is 577. The van der Waals surface area contributed by atoms with Gasteiger partial charge in [-0.1, -0.05) is 48.5 Å². The summed E-state index contributed by atoms with van der Waals surface area (Å²) in [5.74, 6) is 0.365. The van der Waals surface area contributed by atoms with Crippen LogP contribution in [0.2, 0.25) is 0 Å². The van der Waals surface area contributed by atoms with E-state index in [9.17, 15) is 4.79 Å². The fourth-order valence-electron chi connectivity index (χ4n) is 2.18. The standard InChI is InChI=1S/C16H20BrNO2/c1-2-3-4-5-6-7-16(19)20-15-11-12-10-13(17)8-9-14(12)18-15/h8-11,18H,2-7H2,1H3. The lowest BCUT2D eigenvalue weighted by atomic mass is 10.1. The molecule has 0 radical (unpaired) electrons. The molecule has 108 valence electrons. The first kappa shape index (κ1) is 15.1. The molecule has 2 rings (SSSR count). The fraction of sp³-hybridized carbons (Fsp3) is 0.438. The number of hydrogen-bond acceptors (Lipinski definition) is 2. The molecule has 1 heterocycles. The molecular weight excluding hydrogens is 318 g/mol. The van der Waals surface area contributed by atoms with E-state index in [-0.39, 0.29) is 5.97 Å². The molecule has 0 atom stereocenters. The number of aromatic nitrogens is 1. The van der Waals surface area contributed by atoms with Crippen LogP contribution in [0.15, 0.2) is 28.7 Å². The van der Waals surface area contributed by atoms with Crippen molar-refractivity contribution in [3.63, 3.8) is 0 Å². The van der Waals surface area contributed by atoms with Gasteiger partial charge in [0.1, 0.15) is 0 Å². The smallest absolute Gasteiger partial charge is 0.312 e. The summed E-state index contributed by atoms with van der Waals surface area (Å²) in [5.41, 5.74) is 0.971. The molecule has 2 aromatic rings. The lowest BCUT2D eigenvalue weighted by Gasteiger charge is -2.01. The predicted octanol–water partition coefficient (Wildman–Crippen LogP) is 5.20. The van der Waals surface area contributed by atoms with Crippen molar-refractivity contribution in [2.24, 2.45) is 0 Å². The van der Waals surface area contributed by atoms with E-state index in [1.165, 1.54) is 19.3 Å². The Morgan fingerprint density at radius 3 is 2.80 bits per heavy atom. The van der Waals surface area contributed by atoms with Crippen LogP contribution in [0.3, 0.4) is 0 Å². The minimum Gasteiger partial charge on any atom is -0.409 e. The van der Waals surface area contributed by atoms with Gasteiger partial charge < -0.3 is 9.72 Å². The van der Waals surface area contributed by atoms with Crippen molar-refractivity contribution in [2.75, 3.05) is 0 Å². The molecule has 0 unspecified atom stereocenters. The van der Waals surface area contributed by atoms with Crippen molar-refractivity contribution in [3.8, 4) is 5.88 Å². The van der Waals surface area contributed by atoms with E-state index in [0.29, 0.717) is 12.3 Å². The second-order valence-electron chi connectivity index (χ2n) is 5.00. The van der Waals surface area contributed by atoms with Crippen LogP contribution >= 0.6 is 15.9 Å². The first-order chi connectivity index (χ1) is 9.69. The maximum atomic E-state index is 11.7. The SMILES string of the molecule is CCCCCCCC(=O)Oc1cc2cc(Br)ccc2[nH]1. The van der Waals surface area contributed by atoms with Crippen molar-refractivity contribution >= 4 is 32.8 Å². The highest BCUT2D eigenvalue weighted by molar-refractivity contribution is 9.10. The third-order valence-corrected chi connectivity index (χ3v) is 3.76. The Balaban J connectivity index is 1.83. The van der Waals surface area contributed by atoms with E-state index in [1.807, 2.05) is 24.3 Å². The van der Waals surface area contributed by atoms with Gasteiger partial charge in [0.2, 0.25) is 5.88 Å². The molecular formula is C16H20BrNO2. The summed E-state index contributed by atoms with van der Waals surface area (Å²) in [6.07, 6.45) is 6.15. The number of rotatable bonds is 7. The summed E-state index contributed by atoms with van der Waals surface area (Å²) in [6.45, 7) is 2.18. The van der Waals surface area contributed by atoms with E-state index in [1.54, 1.807) is 0 Å². The van der Waals surface area contributed by atoms with Gasteiger partial charge in [0.05, 0.1) is 0 Å². The van der Waals surface area contributed by atoms with Crippen LogP contribution in [-0.4, -0.2) is 11.0 Å². The summed E-state index contributed by atoms with van der Waals surface area (Å²) >= 11 is 3.43. The summed E-state index contributed by atoms with van der Waals surface area (Å²) in [4.78, 5) is 14.8. The van der Waals surface area contributed by atoms with Crippen molar-refractivity contribution < 1.29 is 9.53 Å². The molecule has 20 heavy (non-hydrogen) atoms. The third kappa shape index (κ3) is 4.37. The number of aromatic amines is 1. The number of unbranched alkanes of at least 4 members (excludes halogenated alkanes) is 4. The normalized spacial score (nSPS) is 10.9. The molecule has 4 heteroatoms. The van der Waals surface area contributed by atoms with Crippen LogP contribution in [0.1, 0.15) is 45.4 Å². The van der Waals surface area contributed by atoms with Gasteiger partial charge in [0, 0.05) is 27.9 Å². The number of fused-ring (bicyclic) bond motifs is 1. The lowest BCUT2D eigenvalue weighted by molar-refractivity contribution is -0.134. The van der Waals surface area contributed by atoms with E-state index >= 15 is 0 Å². The number of ether oxygens (including phenoxy) is 1. The van der Waals surface area contributed by atoms with Gasteiger partial charge in [-0.25, -0.2) is 0 Å². The largest absolute Gasteiger partial charge is 0.409 e. The van der Waals surface area contributed by atoms with Gasteiger partial charge in [-0.3, -0.25) is 4.79 Å². The molecule has 0 bridgehead atoms. The van der Waals surface area contributed by atoms with Crippen LogP contribution in [-0.2, 0) is 4.79 Å². The molecule has 0 aliphatic rings. The number of halogens is 1.